The summed E-state index contributed by atoms with van der Waals surface area (Å²) in [4.78, 5) is 6.38. The summed E-state index contributed by atoms with van der Waals surface area (Å²) in [6, 6.07) is 7.84. The summed E-state index contributed by atoms with van der Waals surface area (Å²) >= 11 is 0. The van der Waals surface area contributed by atoms with Crippen molar-refractivity contribution in [2.24, 2.45) is 4.99 Å². The molecular weight excluding hydrogens is 314 g/mol. The summed E-state index contributed by atoms with van der Waals surface area (Å²) < 4.78 is 28.2. The van der Waals surface area contributed by atoms with Crippen molar-refractivity contribution < 1.29 is 13.2 Å². The first-order valence-corrected chi connectivity index (χ1v) is 9.56. The average molecular weight is 341 g/mol. The van der Waals surface area contributed by atoms with Gasteiger partial charge >= 0.3 is 0 Å². The number of methoxy groups -OCH3 is 1. The van der Waals surface area contributed by atoms with Gasteiger partial charge in [0.05, 0.1) is 19.4 Å². The maximum absolute atomic E-state index is 11.5. The summed E-state index contributed by atoms with van der Waals surface area (Å²) in [5, 5.41) is 3.19. The van der Waals surface area contributed by atoms with Gasteiger partial charge in [0.15, 0.2) is 15.8 Å². The first-order valence-electron chi connectivity index (χ1n) is 7.74. The van der Waals surface area contributed by atoms with Gasteiger partial charge in [0.2, 0.25) is 0 Å². The van der Waals surface area contributed by atoms with E-state index in [1.54, 1.807) is 14.0 Å². The van der Waals surface area contributed by atoms with E-state index in [9.17, 15) is 8.42 Å². The molecule has 0 aliphatic heterocycles. The number of nitrogens with zero attached hydrogens (tertiary/aromatic N) is 2. The zero-order chi connectivity index (χ0) is 17.3. The quantitative estimate of drug-likeness (QED) is 0.573. The number of sulfone groups is 1. The van der Waals surface area contributed by atoms with Crippen LogP contribution in [-0.2, 0) is 16.4 Å². The summed E-state index contributed by atoms with van der Waals surface area (Å²) in [7, 11) is 0.581. The maximum Gasteiger partial charge on any atom is 0.193 e. The van der Waals surface area contributed by atoms with Crippen LogP contribution in [0.2, 0.25) is 0 Å². The number of guanidine groups is 1. The number of hydrogen-bond donors (Lipinski definition) is 1. The van der Waals surface area contributed by atoms with E-state index >= 15 is 0 Å². The second-order valence-corrected chi connectivity index (χ2v) is 7.65. The zero-order valence-electron chi connectivity index (χ0n) is 14.4. The molecule has 1 N–H and O–H groups in total. The van der Waals surface area contributed by atoms with Crippen LogP contribution in [0.5, 0.6) is 5.75 Å². The van der Waals surface area contributed by atoms with Gasteiger partial charge in [-0.3, -0.25) is 4.99 Å². The maximum atomic E-state index is 11.5. The lowest BCUT2D eigenvalue weighted by molar-refractivity contribution is 0.414. The van der Waals surface area contributed by atoms with E-state index < -0.39 is 9.84 Å². The Morgan fingerprint density at radius 3 is 2.43 bits per heavy atom. The number of ether oxygens (including phenoxy) is 1. The first-order chi connectivity index (χ1) is 10.9. The molecule has 0 aromatic heterocycles. The van der Waals surface area contributed by atoms with Crippen LogP contribution in [0.25, 0.3) is 0 Å². The number of hydrogen-bond acceptors (Lipinski definition) is 4. The molecule has 1 rings (SSSR count). The van der Waals surface area contributed by atoms with Crippen LogP contribution in [0.15, 0.2) is 29.3 Å². The van der Waals surface area contributed by atoms with Crippen molar-refractivity contribution in [2.45, 2.75) is 20.4 Å². The van der Waals surface area contributed by atoms with Gasteiger partial charge in [0.25, 0.3) is 0 Å². The Balaban J connectivity index is 2.70. The van der Waals surface area contributed by atoms with Crippen molar-refractivity contribution in [1.82, 2.24) is 10.2 Å². The Bertz CT molecular complexity index is 598. The monoisotopic (exact) mass is 341 g/mol. The van der Waals surface area contributed by atoms with Crippen molar-refractivity contribution in [3.05, 3.63) is 29.8 Å². The molecule has 0 heterocycles. The number of benzene rings is 1. The summed E-state index contributed by atoms with van der Waals surface area (Å²) in [6.45, 7) is 5.31. The van der Waals surface area contributed by atoms with Gasteiger partial charge in [-0.2, -0.15) is 0 Å². The van der Waals surface area contributed by atoms with E-state index in [-0.39, 0.29) is 18.1 Å². The van der Waals surface area contributed by atoms with Crippen molar-refractivity contribution in [3.63, 3.8) is 0 Å². The normalized spacial score (nSPS) is 12.1. The third kappa shape index (κ3) is 6.90. The van der Waals surface area contributed by atoms with Crippen LogP contribution in [0, 0.1) is 0 Å². The molecule has 1 aromatic carbocycles. The molecule has 0 amide bonds. The highest BCUT2D eigenvalue weighted by atomic mass is 32.2. The highest BCUT2D eigenvalue weighted by Gasteiger charge is 2.09. The van der Waals surface area contributed by atoms with Gasteiger partial charge in [-0.25, -0.2) is 8.42 Å². The van der Waals surface area contributed by atoms with Crippen molar-refractivity contribution in [2.75, 3.05) is 38.8 Å². The summed E-state index contributed by atoms with van der Waals surface area (Å²) in [6.07, 6.45) is 0. The predicted molar refractivity (Wildman–Crippen MR) is 94.8 cm³/mol. The molecule has 0 spiro atoms. The third-order valence-corrected chi connectivity index (χ3v) is 5.06. The van der Waals surface area contributed by atoms with Gasteiger partial charge in [0, 0.05) is 25.9 Å². The van der Waals surface area contributed by atoms with Gasteiger partial charge < -0.3 is 15.0 Å². The Morgan fingerprint density at radius 1 is 1.26 bits per heavy atom. The molecular formula is C16H27N3O3S. The minimum atomic E-state index is -2.99. The van der Waals surface area contributed by atoms with Gasteiger partial charge in [0.1, 0.15) is 5.75 Å². The van der Waals surface area contributed by atoms with Gasteiger partial charge in [-0.05, 0) is 24.6 Å². The van der Waals surface area contributed by atoms with Gasteiger partial charge in [-0.15, -0.1) is 0 Å². The smallest absolute Gasteiger partial charge is 0.193 e. The molecule has 0 fully saturated rings. The first kappa shape index (κ1) is 19.3. The van der Waals surface area contributed by atoms with Crippen LogP contribution in [0.4, 0.5) is 0 Å². The lowest BCUT2D eigenvalue weighted by Crippen LogP contribution is -2.38. The van der Waals surface area contributed by atoms with E-state index in [4.69, 9.17) is 4.74 Å². The molecule has 0 saturated heterocycles. The molecule has 0 aliphatic carbocycles. The molecule has 0 atom stereocenters. The number of rotatable bonds is 8. The molecule has 6 nitrogen and oxygen atoms in total. The fraction of sp³-hybridized carbons (Fsp3) is 0.562. The van der Waals surface area contributed by atoms with Crippen molar-refractivity contribution >= 4 is 15.8 Å². The highest BCUT2D eigenvalue weighted by molar-refractivity contribution is 7.91. The van der Waals surface area contributed by atoms with E-state index in [1.807, 2.05) is 43.1 Å². The molecule has 0 bridgehead atoms. The topological polar surface area (TPSA) is 71.0 Å². The van der Waals surface area contributed by atoms with E-state index in [1.165, 1.54) is 0 Å². The second-order valence-electron chi connectivity index (χ2n) is 5.18. The molecule has 7 heteroatoms. The molecule has 130 valence electrons. The van der Waals surface area contributed by atoms with Crippen molar-refractivity contribution in [3.8, 4) is 5.75 Å². The molecule has 0 unspecified atom stereocenters. The average Bonchev–Trinajstić information content (AvgIpc) is 2.54. The van der Waals surface area contributed by atoms with Crippen LogP contribution in [0.3, 0.4) is 0 Å². The van der Waals surface area contributed by atoms with Crippen molar-refractivity contribution in [1.29, 1.82) is 0 Å². The molecule has 0 radical (unpaired) electrons. The van der Waals surface area contributed by atoms with E-state index in [0.717, 1.165) is 17.9 Å². The van der Waals surface area contributed by atoms with E-state index in [2.05, 4.69) is 10.3 Å². The fourth-order valence-electron chi connectivity index (χ4n) is 1.98. The minimum Gasteiger partial charge on any atom is -0.497 e. The Hall–Kier alpha value is -1.76. The Labute approximate surface area is 139 Å². The standard InChI is InChI=1S/C16H27N3O3S/c1-5-17-16(18-11-12-23(20,21)6-2)19(3)13-14-7-9-15(22-4)10-8-14/h7-10H,5-6,11-13H2,1-4H3,(H,17,18). The van der Waals surface area contributed by atoms with Crippen LogP contribution < -0.4 is 10.1 Å². The summed E-state index contributed by atoms with van der Waals surface area (Å²) in [5.41, 5.74) is 1.13. The highest BCUT2D eigenvalue weighted by Crippen LogP contribution is 2.12. The Morgan fingerprint density at radius 2 is 1.91 bits per heavy atom. The largest absolute Gasteiger partial charge is 0.497 e. The summed E-state index contributed by atoms with van der Waals surface area (Å²) in [5.74, 6) is 1.76. The molecule has 0 saturated carbocycles. The minimum absolute atomic E-state index is 0.0781. The molecule has 0 aliphatic rings. The Kier molecular flexibility index (Phi) is 7.88. The van der Waals surface area contributed by atoms with E-state index in [0.29, 0.717) is 12.5 Å². The van der Waals surface area contributed by atoms with Crippen LogP contribution >= 0.6 is 0 Å². The van der Waals surface area contributed by atoms with Crippen LogP contribution in [0.1, 0.15) is 19.4 Å². The van der Waals surface area contributed by atoms with Crippen LogP contribution in [-0.4, -0.2) is 58.0 Å². The fourth-order valence-corrected chi connectivity index (χ4v) is 2.64. The lowest BCUT2D eigenvalue weighted by Gasteiger charge is -2.22. The zero-order valence-corrected chi connectivity index (χ0v) is 15.2. The number of aliphatic imine (C=N–C) groups is 1. The predicted octanol–water partition coefficient (Wildman–Crippen LogP) is 1.53. The molecule has 1 aromatic rings. The lowest BCUT2D eigenvalue weighted by atomic mass is 10.2. The SMILES string of the molecule is CCNC(=NCCS(=O)(=O)CC)N(C)Cc1ccc(OC)cc1. The third-order valence-electron chi connectivity index (χ3n) is 3.38. The molecule has 23 heavy (non-hydrogen) atoms. The second kappa shape index (κ2) is 9.39. The number of nitrogens with one attached hydrogen (secondary N) is 1. The van der Waals surface area contributed by atoms with Gasteiger partial charge in [-0.1, -0.05) is 19.1 Å².